The molecule has 0 radical (unpaired) electrons. The first-order valence-electron chi connectivity index (χ1n) is 7.43. The molecule has 4 nitrogen and oxygen atoms in total. The van der Waals surface area contributed by atoms with Crippen molar-refractivity contribution in [2.45, 2.75) is 33.6 Å². The number of anilines is 2. The van der Waals surface area contributed by atoms with E-state index in [-0.39, 0.29) is 0 Å². The Morgan fingerprint density at radius 3 is 2.85 bits per heavy atom. The third-order valence-corrected chi connectivity index (χ3v) is 4.81. The fraction of sp³-hybridized carbons (Fsp3) is 0.600. The molecule has 1 fully saturated rings. The van der Waals surface area contributed by atoms with Crippen LogP contribution in [0.25, 0.3) is 10.2 Å². The Balaban J connectivity index is 1.85. The van der Waals surface area contributed by atoms with Gasteiger partial charge in [-0.25, -0.2) is 4.98 Å². The highest BCUT2D eigenvalue weighted by atomic mass is 32.1. The van der Waals surface area contributed by atoms with Crippen LogP contribution in [-0.4, -0.2) is 23.1 Å². The Kier molecular flexibility index (Phi) is 3.78. The second-order valence-corrected chi connectivity index (χ2v) is 6.93. The molecule has 0 aliphatic heterocycles. The predicted octanol–water partition coefficient (Wildman–Crippen LogP) is 3.89. The van der Waals surface area contributed by atoms with Crippen LogP contribution in [0.4, 0.5) is 11.8 Å². The number of hydrogen-bond donors (Lipinski definition) is 2. The van der Waals surface area contributed by atoms with Gasteiger partial charge in [0.2, 0.25) is 5.95 Å². The molecule has 0 aromatic carbocycles. The lowest BCUT2D eigenvalue weighted by Gasteiger charge is -2.13. The summed E-state index contributed by atoms with van der Waals surface area (Å²) in [6.45, 7) is 8.35. The van der Waals surface area contributed by atoms with Crippen molar-refractivity contribution in [1.82, 2.24) is 9.97 Å². The van der Waals surface area contributed by atoms with Crippen molar-refractivity contribution in [3.8, 4) is 0 Å². The molecule has 0 bridgehead atoms. The summed E-state index contributed by atoms with van der Waals surface area (Å²) in [4.78, 5) is 11.6. The van der Waals surface area contributed by atoms with Gasteiger partial charge in [-0.2, -0.15) is 4.98 Å². The summed E-state index contributed by atoms with van der Waals surface area (Å²) in [6, 6.07) is 2.18. The molecule has 2 aromatic rings. The van der Waals surface area contributed by atoms with Gasteiger partial charge in [0.15, 0.2) is 0 Å². The minimum absolute atomic E-state index is 0.724. The van der Waals surface area contributed by atoms with E-state index in [2.05, 4.69) is 47.4 Å². The molecular formula is C15H22N4S. The Bertz CT molecular complexity index is 603. The van der Waals surface area contributed by atoms with Crippen LogP contribution < -0.4 is 10.6 Å². The van der Waals surface area contributed by atoms with E-state index >= 15 is 0 Å². The fourth-order valence-corrected chi connectivity index (χ4v) is 3.38. The molecule has 1 unspecified atom stereocenters. The van der Waals surface area contributed by atoms with E-state index < -0.39 is 0 Å². The zero-order chi connectivity index (χ0) is 14.1. The molecule has 0 saturated heterocycles. The van der Waals surface area contributed by atoms with Crippen molar-refractivity contribution in [2.75, 3.05) is 23.7 Å². The first-order valence-corrected chi connectivity index (χ1v) is 8.25. The lowest BCUT2D eigenvalue weighted by Crippen LogP contribution is -2.14. The molecule has 1 saturated carbocycles. The van der Waals surface area contributed by atoms with Crippen LogP contribution in [0.1, 0.15) is 31.6 Å². The van der Waals surface area contributed by atoms with E-state index in [1.807, 2.05) is 0 Å². The quantitative estimate of drug-likeness (QED) is 0.847. The highest BCUT2D eigenvalue weighted by molar-refractivity contribution is 7.18. The number of nitrogens with one attached hydrogen (secondary N) is 2. The molecule has 0 amide bonds. The van der Waals surface area contributed by atoms with Crippen molar-refractivity contribution in [3.05, 3.63) is 10.9 Å². The minimum Gasteiger partial charge on any atom is -0.369 e. The van der Waals surface area contributed by atoms with Crippen LogP contribution in [0.3, 0.4) is 0 Å². The number of rotatable bonds is 6. The van der Waals surface area contributed by atoms with E-state index in [1.54, 1.807) is 11.3 Å². The SMILES string of the molecule is CCNc1nc(NCC(C)C2CC2)c2cc(C)sc2n1. The summed E-state index contributed by atoms with van der Waals surface area (Å²) < 4.78 is 0. The molecule has 5 heteroatoms. The summed E-state index contributed by atoms with van der Waals surface area (Å²) in [5, 5.41) is 7.90. The lowest BCUT2D eigenvalue weighted by atomic mass is 10.1. The summed E-state index contributed by atoms with van der Waals surface area (Å²) in [6.07, 6.45) is 2.78. The molecule has 2 N–H and O–H groups in total. The predicted molar refractivity (Wildman–Crippen MR) is 86.7 cm³/mol. The van der Waals surface area contributed by atoms with Crippen LogP contribution in [0, 0.1) is 18.8 Å². The van der Waals surface area contributed by atoms with Crippen molar-refractivity contribution >= 4 is 33.3 Å². The van der Waals surface area contributed by atoms with Gasteiger partial charge in [-0.1, -0.05) is 6.92 Å². The topological polar surface area (TPSA) is 49.8 Å². The zero-order valence-electron chi connectivity index (χ0n) is 12.4. The Labute approximate surface area is 124 Å². The highest BCUT2D eigenvalue weighted by Gasteiger charge is 2.27. The molecule has 0 spiro atoms. The smallest absolute Gasteiger partial charge is 0.226 e. The van der Waals surface area contributed by atoms with Gasteiger partial charge < -0.3 is 10.6 Å². The maximum Gasteiger partial charge on any atom is 0.226 e. The molecule has 108 valence electrons. The zero-order valence-corrected chi connectivity index (χ0v) is 13.2. The number of nitrogens with zero attached hydrogens (tertiary/aromatic N) is 2. The van der Waals surface area contributed by atoms with Crippen molar-refractivity contribution < 1.29 is 0 Å². The van der Waals surface area contributed by atoms with Gasteiger partial charge in [0.05, 0.1) is 5.39 Å². The van der Waals surface area contributed by atoms with E-state index in [1.165, 1.54) is 17.7 Å². The van der Waals surface area contributed by atoms with Gasteiger partial charge in [0.1, 0.15) is 10.6 Å². The number of hydrogen-bond acceptors (Lipinski definition) is 5. The second kappa shape index (κ2) is 5.56. The molecule has 20 heavy (non-hydrogen) atoms. The van der Waals surface area contributed by atoms with Gasteiger partial charge >= 0.3 is 0 Å². The number of aromatic nitrogens is 2. The van der Waals surface area contributed by atoms with Gasteiger partial charge in [-0.3, -0.25) is 0 Å². The molecule has 3 rings (SSSR count). The molecule has 1 atom stereocenters. The van der Waals surface area contributed by atoms with Gasteiger partial charge in [-0.15, -0.1) is 11.3 Å². The summed E-state index contributed by atoms with van der Waals surface area (Å²) in [5.74, 6) is 3.34. The molecule has 2 aromatic heterocycles. The molecule has 1 aliphatic rings. The monoisotopic (exact) mass is 290 g/mol. The van der Waals surface area contributed by atoms with E-state index in [0.717, 1.165) is 46.9 Å². The first-order chi connectivity index (χ1) is 9.67. The Hall–Kier alpha value is -1.36. The van der Waals surface area contributed by atoms with E-state index in [9.17, 15) is 0 Å². The average molecular weight is 290 g/mol. The molecular weight excluding hydrogens is 268 g/mol. The fourth-order valence-electron chi connectivity index (χ4n) is 2.50. The van der Waals surface area contributed by atoms with Crippen LogP contribution >= 0.6 is 11.3 Å². The number of thiophene rings is 1. The van der Waals surface area contributed by atoms with Gasteiger partial charge in [-0.05, 0) is 44.6 Å². The van der Waals surface area contributed by atoms with E-state index in [4.69, 9.17) is 0 Å². The number of fused-ring (bicyclic) bond motifs is 1. The minimum atomic E-state index is 0.724. The summed E-state index contributed by atoms with van der Waals surface area (Å²) >= 11 is 1.73. The highest BCUT2D eigenvalue weighted by Crippen LogP contribution is 2.37. The van der Waals surface area contributed by atoms with Gasteiger partial charge in [0, 0.05) is 18.0 Å². The third-order valence-electron chi connectivity index (χ3n) is 3.87. The number of aryl methyl sites for hydroxylation is 1. The second-order valence-electron chi connectivity index (χ2n) is 5.70. The van der Waals surface area contributed by atoms with Crippen LogP contribution in [0.15, 0.2) is 6.07 Å². The van der Waals surface area contributed by atoms with Crippen LogP contribution in [0.2, 0.25) is 0 Å². The standard InChI is InChI=1S/C15H22N4S/c1-4-16-15-18-13(17-8-9(2)11-5-6-11)12-7-10(3)20-14(12)19-15/h7,9,11H,4-6,8H2,1-3H3,(H2,16,17,18,19). The largest absolute Gasteiger partial charge is 0.369 e. The van der Waals surface area contributed by atoms with Gasteiger partial charge in [0.25, 0.3) is 0 Å². The van der Waals surface area contributed by atoms with Crippen LogP contribution in [-0.2, 0) is 0 Å². The van der Waals surface area contributed by atoms with Crippen LogP contribution in [0.5, 0.6) is 0 Å². The maximum absolute atomic E-state index is 4.63. The molecule has 2 heterocycles. The Morgan fingerprint density at radius 2 is 2.15 bits per heavy atom. The summed E-state index contributed by atoms with van der Waals surface area (Å²) in [5.41, 5.74) is 0. The average Bonchev–Trinajstić information content (AvgIpc) is 3.18. The van der Waals surface area contributed by atoms with Crippen molar-refractivity contribution in [2.24, 2.45) is 11.8 Å². The third kappa shape index (κ3) is 2.87. The van der Waals surface area contributed by atoms with Crippen molar-refractivity contribution in [3.63, 3.8) is 0 Å². The Morgan fingerprint density at radius 1 is 1.35 bits per heavy atom. The van der Waals surface area contributed by atoms with Crippen molar-refractivity contribution in [1.29, 1.82) is 0 Å². The maximum atomic E-state index is 4.63. The summed E-state index contributed by atoms with van der Waals surface area (Å²) in [7, 11) is 0. The normalized spacial score (nSPS) is 16.4. The lowest BCUT2D eigenvalue weighted by molar-refractivity contribution is 0.536. The van der Waals surface area contributed by atoms with E-state index in [0.29, 0.717) is 0 Å². The molecule has 1 aliphatic carbocycles. The first kappa shape index (κ1) is 13.6.